The highest BCUT2D eigenvalue weighted by Gasteiger charge is 2.04. The Balaban J connectivity index is 2.39. The standard InChI is InChI=1S/C13H19ClN2O2S/c1-3-18-8-4-7-15-13(19)16-12-9-10(17-2)5-6-11(12)14/h5-6,9H,3-4,7-8H2,1-2H3,(H2,15,16,19). The van der Waals surface area contributed by atoms with Crippen molar-refractivity contribution in [3.8, 4) is 5.75 Å². The first-order valence-electron chi connectivity index (χ1n) is 6.13. The van der Waals surface area contributed by atoms with Gasteiger partial charge in [-0.15, -0.1) is 0 Å². The zero-order valence-electron chi connectivity index (χ0n) is 11.2. The fourth-order valence-corrected chi connectivity index (χ4v) is 1.79. The Hall–Kier alpha value is -1.04. The second-order valence-corrected chi connectivity index (χ2v) is 4.59. The first-order valence-corrected chi connectivity index (χ1v) is 6.92. The number of nitrogens with one attached hydrogen (secondary N) is 2. The Bertz CT molecular complexity index is 416. The monoisotopic (exact) mass is 302 g/mol. The second-order valence-electron chi connectivity index (χ2n) is 3.78. The average Bonchev–Trinajstić information content (AvgIpc) is 2.41. The van der Waals surface area contributed by atoms with Gasteiger partial charge in [0.05, 0.1) is 17.8 Å². The Labute approximate surface area is 124 Å². The predicted molar refractivity (Wildman–Crippen MR) is 83.3 cm³/mol. The van der Waals surface area contributed by atoms with Crippen LogP contribution in [-0.2, 0) is 4.74 Å². The lowest BCUT2D eigenvalue weighted by Crippen LogP contribution is -2.29. The van der Waals surface area contributed by atoms with Crippen LogP contribution in [0, 0.1) is 0 Å². The number of hydrogen-bond acceptors (Lipinski definition) is 3. The van der Waals surface area contributed by atoms with Crippen molar-refractivity contribution in [3.63, 3.8) is 0 Å². The molecule has 2 N–H and O–H groups in total. The molecule has 0 aliphatic carbocycles. The van der Waals surface area contributed by atoms with Crippen LogP contribution in [0.5, 0.6) is 5.75 Å². The predicted octanol–water partition coefficient (Wildman–Crippen LogP) is 3.06. The van der Waals surface area contributed by atoms with Crippen molar-refractivity contribution in [2.75, 3.05) is 32.2 Å². The highest BCUT2D eigenvalue weighted by molar-refractivity contribution is 7.80. The van der Waals surface area contributed by atoms with E-state index in [4.69, 9.17) is 33.3 Å². The van der Waals surface area contributed by atoms with E-state index < -0.39 is 0 Å². The molecule has 0 bridgehead atoms. The van der Waals surface area contributed by atoms with Crippen molar-refractivity contribution in [3.05, 3.63) is 23.2 Å². The van der Waals surface area contributed by atoms with Crippen molar-refractivity contribution in [1.82, 2.24) is 5.32 Å². The molecule has 0 unspecified atom stereocenters. The Morgan fingerprint density at radius 3 is 2.89 bits per heavy atom. The van der Waals surface area contributed by atoms with E-state index in [-0.39, 0.29) is 0 Å². The van der Waals surface area contributed by atoms with E-state index in [0.29, 0.717) is 10.1 Å². The summed E-state index contributed by atoms with van der Waals surface area (Å²) in [6, 6.07) is 5.36. The van der Waals surface area contributed by atoms with Gasteiger partial charge in [0, 0.05) is 25.8 Å². The summed E-state index contributed by atoms with van der Waals surface area (Å²) in [6.07, 6.45) is 0.904. The highest BCUT2D eigenvalue weighted by Crippen LogP contribution is 2.26. The molecule has 19 heavy (non-hydrogen) atoms. The SMILES string of the molecule is CCOCCCNC(=S)Nc1cc(OC)ccc1Cl. The number of rotatable bonds is 7. The lowest BCUT2D eigenvalue weighted by Gasteiger charge is -2.12. The van der Waals surface area contributed by atoms with Crippen molar-refractivity contribution in [1.29, 1.82) is 0 Å². The molecular formula is C13H19ClN2O2S. The van der Waals surface area contributed by atoms with Gasteiger partial charge in [-0.25, -0.2) is 0 Å². The van der Waals surface area contributed by atoms with Crippen LogP contribution in [0.25, 0.3) is 0 Å². The molecule has 0 aliphatic rings. The first kappa shape index (κ1) is 16.0. The van der Waals surface area contributed by atoms with Gasteiger partial charge in [0.25, 0.3) is 0 Å². The lowest BCUT2D eigenvalue weighted by molar-refractivity contribution is 0.146. The topological polar surface area (TPSA) is 42.5 Å². The Kier molecular flexibility index (Phi) is 7.55. The molecule has 1 aromatic rings. The van der Waals surface area contributed by atoms with E-state index >= 15 is 0 Å². The van der Waals surface area contributed by atoms with Crippen LogP contribution in [-0.4, -0.2) is 32.0 Å². The molecule has 0 saturated carbocycles. The molecule has 0 aromatic heterocycles. The number of thiocarbonyl (C=S) groups is 1. The zero-order valence-corrected chi connectivity index (χ0v) is 12.7. The van der Waals surface area contributed by atoms with Gasteiger partial charge >= 0.3 is 0 Å². The zero-order chi connectivity index (χ0) is 14.1. The maximum Gasteiger partial charge on any atom is 0.170 e. The number of halogens is 1. The normalized spacial score (nSPS) is 10.1. The molecule has 6 heteroatoms. The largest absolute Gasteiger partial charge is 0.497 e. The van der Waals surface area contributed by atoms with Crippen LogP contribution in [0.4, 0.5) is 5.69 Å². The summed E-state index contributed by atoms with van der Waals surface area (Å²) < 4.78 is 10.4. The summed E-state index contributed by atoms with van der Waals surface area (Å²) in [5.41, 5.74) is 0.725. The van der Waals surface area contributed by atoms with E-state index in [9.17, 15) is 0 Å². The minimum absolute atomic E-state index is 0.534. The molecule has 1 aromatic carbocycles. The minimum Gasteiger partial charge on any atom is -0.497 e. The molecule has 4 nitrogen and oxygen atoms in total. The fourth-order valence-electron chi connectivity index (χ4n) is 1.41. The third-order valence-electron chi connectivity index (χ3n) is 2.38. The van der Waals surface area contributed by atoms with Crippen LogP contribution in [0.1, 0.15) is 13.3 Å². The fraction of sp³-hybridized carbons (Fsp3) is 0.462. The van der Waals surface area contributed by atoms with Crippen LogP contribution in [0.3, 0.4) is 0 Å². The molecule has 0 saturated heterocycles. The number of hydrogen-bond donors (Lipinski definition) is 2. The summed E-state index contributed by atoms with van der Waals surface area (Å²) in [5.74, 6) is 0.728. The number of methoxy groups -OCH3 is 1. The lowest BCUT2D eigenvalue weighted by atomic mass is 10.3. The maximum atomic E-state index is 6.07. The number of ether oxygens (including phenoxy) is 2. The van der Waals surface area contributed by atoms with E-state index in [1.807, 2.05) is 6.92 Å². The summed E-state index contributed by atoms with van der Waals surface area (Å²) in [6.45, 7) is 4.20. The maximum absolute atomic E-state index is 6.07. The molecular weight excluding hydrogens is 284 g/mol. The quantitative estimate of drug-likeness (QED) is 0.598. The van der Waals surface area contributed by atoms with Gasteiger partial charge in [-0.2, -0.15) is 0 Å². The van der Waals surface area contributed by atoms with Gasteiger partial charge in [-0.3, -0.25) is 0 Å². The van der Waals surface area contributed by atoms with E-state index in [1.165, 1.54) is 0 Å². The van der Waals surface area contributed by atoms with Gasteiger partial charge < -0.3 is 20.1 Å². The molecule has 0 atom stereocenters. The van der Waals surface area contributed by atoms with Crippen LogP contribution in [0.15, 0.2) is 18.2 Å². The average molecular weight is 303 g/mol. The summed E-state index contributed by atoms with van der Waals surface area (Å²) in [5, 5.41) is 7.27. The van der Waals surface area contributed by atoms with Crippen molar-refractivity contribution in [2.45, 2.75) is 13.3 Å². The molecule has 0 heterocycles. The molecule has 0 amide bonds. The second kappa shape index (κ2) is 8.96. The van der Waals surface area contributed by atoms with Crippen molar-refractivity contribution >= 4 is 34.6 Å². The smallest absolute Gasteiger partial charge is 0.170 e. The number of benzene rings is 1. The van der Waals surface area contributed by atoms with Crippen LogP contribution < -0.4 is 15.4 Å². The minimum atomic E-state index is 0.534. The van der Waals surface area contributed by atoms with Gasteiger partial charge in [0.2, 0.25) is 0 Å². The molecule has 1 rings (SSSR count). The summed E-state index contributed by atoms with van der Waals surface area (Å²) in [7, 11) is 1.61. The molecule has 106 valence electrons. The first-order chi connectivity index (χ1) is 9.17. The van der Waals surface area contributed by atoms with Gasteiger partial charge in [0.1, 0.15) is 5.75 Å². The molecule has 0 spiro atoms. The Morgan fingerprint density at radius 2 is 2.21 bits per heavy atom. The van der Waals surface area contributed by atoms with Crippen LogP contribution >= 0.6 is 23.8 Å². The van der Waals surface area contributed by atoms with Gasteiger partial charge in [0.15, 0.2) is 5.11 Å². The molecule has 0 aliphatic heterocycles. The summed E-state index contributed by atoms with van der Waals surface area (Å²) >= 11 is 11.3. The summed E-state index contributed by atoms with van der Waals surface area (Å²) in [4.78, 5) is 0. The molecule has 0 radical (unpaired) electrons. The van der Waals surface area contributed by atoms with Gasteiger partial charge in [-0.1, -0.05) is 11.6 Å². The Morgan fingerprint density at radius 1 is 1.42 bits per heavy atom. The van der Waals surface area contributed by atoms with Crippen molar-refractivity contribution in [2.24, 2.45) is 0 Å². The van der Waals surface area contributed by atoms with Crippen molar-refractivity contribution < 1.29 is 9.47 Å². The van der Waals surface area contributed by atoms with E-state index in [1.54, 1.807) is 25.3 Å². The number of anilines is 1. The van der Waals surface area contributed by atoms with Gasteiger partial charge in [-0.05, 0) is 37.7 Å². The van der Waals surface area contributed by atoms with Crippen LogP contribution in [0.2, 0.25) is 5.02 Å². The third kappa shape index (κ3) is 6.09. The molecule has 0 fully saturated rings. The highest BCUT2D eigenvalue weighted by atomic mass is 35.5. The third-order valence-corrected chi connectivity index (χ3v) is 2.95. The van der Waals surface area contributed by atoms with E-state index in [0.717, 1.165) is 37.6 Å². The van der Waals surface area contributed by atoms with E-state index in [2.05, 4.69) is 10.6 Å².